The maximum atomic E-state index is 14.0. The molecular weight excluding hydrogens is 412 g/mol. The van der Waals surface area contributed by atoms with Crippen molar-refractivity contribution in [3.63, 3.8) is 0 Å². The molecule has 0 spiro atoms. The summed E-state index contributed by atoms with van der Waals surface area (Å²) in [6.45, 7) is 2.18. The lowest BCUT2D eigenvalue weighted by Crippen LogP contribution is -2.47. The van der Waals surface area contributed by atoms with Gasteiger partial charge in [-0.25, -0.2) is 13.6 Å². The monoisotopic (exact) mass is 433 g/mol. The van der Waals surface area contributed by atoms with Crippen LogP contribution >= 0.6 is 11.3 Å². The van der Waals surface area contributed by atoms with Gasteiger partial charge in [-0.2, -0.15) is 5.10 Å². The van der Waals surface area contributed by atoms with E-state index in [-0.39, 0.29) is 17.2 Å². The van der Waals surface area contributed by atoms with Crippen molar-refractivity contribution in [2.45, 2.75) is 25.9 Å². The van der Waals surface area contributed by atoms with Gasteiger partial charge in [-0.15, -0.1) is 11.3 Å². The highest BCUT2D eigenvalue weighted by Crippen LogP contribution is 2.24. The van der Waals surface area contributed by atoms with Gasteiger partial charge in [0.15, 0.2) is 0 Å². The van der Waals surface area contributed by atoms with Crippen molar-refractivity contribution in [2.24, 2.45) is 7.05 Å². The Morgan fingerprint density at radius 2 is 2.03 bits per heavy atom. The van der Waals surface area contributed by atoms with Gasteiger partial charge in [0.05, 0.1) is 12.2 Å². The van der Waals surface area contributed by atoms with Gasteiger partial charge in [0.2, 0.25) is 5.91 Å². The fourth-order valence-corrected chi connectivity index (χ4v) is 3.43. The summed E-state index contributed by atoms with van der Waals surface area (Å²) in [6.07, 6.45) is 0.404. The number of rotatable bonds is 7. The second-order valence-corrected chi connectivity index (χ2v) is 7.55. The van der Waals surface area contributed by atoms with Gasteiger partial charge in [0.1, 0.15) is 23.5 Å². The smallest absolute Gasteiger partial charge is 0.321 e. The Bertz CT molecular complexity index is 1040. The molecule has 0 aliphatic rings. The lowest BCUT2D eigenvalue weighted by Gasteiger charge is -2.17. The first-order valence-electron chi connectivity index (χ1n) is 9.24. The number of aromatic nitrogens is 2. The van der Waals surface area contributed by atoms with Crippen LogP contribution in [0.3, 0.4) is 0 Å². The number of hydrogen-bond acceptors (Lipinski definition) is 4. The number of thiophene rings is 1. The number of nitrogens with one attached hydrogen (secondary N) is 3. The van der Waals surface area contributed by atoms with E-state index in [4.69, 9.17) is 0 Å². The van der Waals surface area contributed by atoms with Crippen LogP contribution in [0.2, 0.25) is 0 Å². The number of benzene rings is 1. The third-order valence-corrected chi connectivity index (χ3v) is 5.25. The first-order valence-corrected chi connectivity index (χ1v) is 10.1. The Labute approximate surface area is 176 Å². The van der Waals surface area contributed by atoms with Crippen LogP contribution in [0, 0.1) is 11.6 Å². The van der Waals surface area contributed by atoms with E-state index in [2.05, 4.69) is 21.0 Å². The molecule has 3 N–H and O–H groups in total. The third kappa shape index (κ3) is 5.20. The van der Waals surface area contributed by atoms with Crippen LogP contribution in [0.4, 0.5) is 19.4 Å². The van der Waals surface area contributed by atoms with Gasteiger partial charge in [-0.1, -0.05) is 13.0 Å². The van der Waals surface area contributed by atoms with E-state index in [1.165, 1.54) is 28.2 Å². The number of hydrogen-bond donors (Lipinski definition) is 3. The summed E-state index contributed by atoms with van der Waals surface area (Å²) in [6, 6.07) is 7.15. The van der Waals surface area contributed by atoms with E-state index in [1.54, 1.807) is 14.0 Å². The molecule has 30 heavy (non-hydrogen) atoms. The second-order valence-electron chi connectivity index (χ2n) is 6.52. The normalized spacial score (nSPS) is 11.7. The second kappa shape index (κ2) is 9.49. The standard InChI is InChI=1S/C20H21F2N5O2S/c1-3-16(19(28)23-11-13-5-4-8-30-13)24-20(29)25-18-10-17(26-27(18)2)14-7-6-12(21)9-15(14)22/h4-10,16H,3,11H2,1-2H3,(H,23,28)(H2,24,25,29). The average Bonchev–Trinajstić information content (AvgIpc) is 3.34. The molecule has 3 rings (SSSR count). The topological polar surface area (TPSA) is 88.1 Å². The van der Waals surface area contributed by atoms with Crippen LogP contribution in [0.25, 0.3) is 11.3 Å². The zero-order valence-electron chi connectivity index (χ0n) is 16.4. The summed E-state index contributed by atoms with van der Waals surface area (Å²) in [4.78, 5) is 25.7. The number of nitrogens with zero attached hydrogens (tertiary/aromatic N) is 2. The minimum atomic E-state index is -0.752. The molecule has 0 radical (unpaired) electrons. The zero-order valence-corrected chi connectivity index (χ0v) is 17.2. The molecule has 1 aromatic carbocycles. The molecule has 1 unspecified atom stereocenters. The van der Waals surface area contributed by atoms with E-state index in [0.29, 0.717) is 18.8 Å². The molecule has 0 aliphatic carbocycles. The fraction of sp³-hybridized carbons (Fsp3) is 0.250. The molecule has 0 saturated carbocycles. The van der Waals surface area contributed by atoms with Crippen LogP contribution in [0.5, 0.6) is 0 Å². The summed E-state index contributed by atoms with van der Waals surface area (Å²) in [5, 5.41) is 14.1. The van der Waals surface area contributed by atoms with Crippen molar-refractivity contribution in [1.29, 1.82) is 0 Å². The first kappa shape index (κ1) is 21.4. The van der Waals surface area contributed by atoms with Crippen LogP contribution in [-0.2, 0) is 18.4 Å². The predicted octanol–water partition coefficient (Wildman–Crippen LogP) is 3.64. The molecule has 7 nitrogen and oxygen atoms in total. The summed E-state index contributed by atoms with van der Waals surface area (Å²) in [5.74, 6) is -1.44. The molecule has 2 heterocycles. The minimum Gasteiger partial charge on any atom is -0.349 e. The van der Waals surface area contributed by atoms with E-state index in [0.717, 1.165) is 17.0 Å². The number of urea groups is 1. The summed E-state index contributed by atoms with van der Waals surface area (Å²) in [7, 11) is 1.57. The Balaban J connectivity index is 1.62. The van der Waals surface area contributed by atoms with Gasteiger partial charge in [-0.3, -0.25) is 14.8 Å². The SMILES string of the molecule is CCC(NC(=O)Nc1cc(-c2ccc(F)cc2F)nn1C)C(=O)NCc1cccs1. The van der Waals surface area contributed by atoms with Crippen molar-refractivity contribution in [2.75, 3.05) is 5.32 Å². The molecule has 3 aromatic rings. The molecular formula is C20H21F2N5O2S. The van der Waals surface area contributed by atoms with Crippen molar-refractivity contribution in [3.05, 3.63) is 58.3 Å². The molecule has 0 aliphatic heterocycles. The van der Waals surface area contributed by atoms with Gasteiger partial charge in [0.25, 0.3) is 0 Å². The molecule has 0 fully saturated rings. The van der Waals surface area contributed by atoms with Crippen LogP contribution in [0.1, 0.15) is 18.2 Å². The van der Waals surface area contributed by atoms with Gasteiger partial charge >= 0.3 is 6.03 Å². The molecule has 10 heteroatoms. The quantitative estimate of drug-likeness (QED) is 0.532. The number of aryl methyl sites for hydroxylation is 1. The summed E-state index contributed by atoms with van der Waals surface area (Å²) < 4.78 is 28.5. The fourth-order valence-electron chi connectivity index (χ4n) is 2.79. The Morgan fingerprint density at radius 1 is 1.23 bits per heavy atom. The molecule has 1 atom stereocenters. The Kier molecular flexibility index (Phi) is 6.78. The van der Waals surface area contributed by atoms with Crippen LogP contribution in [0.15, 0.2) is 41.8 Å². The first-order chi connectivity index (χ1) is 14.4. The predicted molar refractivity (Wildman–Crippen MR) is 111 cm³/mol. The van der Waals surface area contributed by atoms with E-state index < -0.39 is 23.7 Å². The third-order valence-electron chi connectivity index (χ3n) is 4.38. The highest BCUT2D eigenvalue weighted by Gasteiger charge is 2.20. The van der Waals surface area contributed by atoms with Crippen molar-refractivity contribution < 1.29 is 18.4 Å². The van der Waals surface area contributed by atoms with E-state index >= 15 is 0 Å². The lowest BCUT2D eigenvalue weighted by atomic mass is 10.1. The highest BCUT2D eigenvalue weighted by atomic mass is 32.1. The van der Waals surface area contributed by atoms with E-state index in [9.17, 15) is 18.4 Å². The minimum absolute atomic E-state index is 0.111. The summed E-state index contributed by atoms with van der Waals surface area (Å²) >= 11 is 1.53. The molecule has 0 bridgehead atoms. The van der Waals surface area contributed by atoms with Gasteiger partial charge in [0, 0.05) is 29.6 Å². The molecule has 3 amide bonds. The van der Waals surface area contributed by atoms with Crippen molar-refractivity contribution in [3.8, 4) is 11.3 Å². The number of carbonyl (C=O) groups excluding carboxylic acids is 2. The lowest BCUT2D eigenvalue weighted by molar-refractivity contribution is -0.123. The van der Waals surface area contributed by atoms with Crippen molar-refractivity contribution in [1.82, 2.24) is 20.4 Å². The largest absolute Gasteiger partial charge is 0.349 e. The highest BCUT2D eigenvalue weighted by molar-refractivity contribution is 7.09. The Morgan fingerprint density at radius 3 is 2.70 bits per heavy atom. The number of carbonyl (C=O) groups is 2. The van der Waals surface area contributed by atoms with E-state index in [1.807, 2.05) is 17.5 Å². The maximum absolute atomic E-state index is 14.0. The number of halogens is 2. The molecule has 0 saturated heterocycles. The Hall–Kier alpha value is -3.27. The van der Waals surface area contributed by atoms with Crippen LogP contribution < -0.4 is 16.0 Å². The number of amides is 3. The number of anilines is 1. The maximum Gasteiger partial charge on any atom is 0.321 e. The van der Waals surface area contributed by atoms with Gasteiger partial charge in [-0.05, 0) is 30.0 Å². The van der Waals surface area contributed by atoms with Crippen LogP contribution in [-0.4, -0.2) is 27.8 Å². The summed E-state index contributed by atoms with van der Waals surface area (Å²) in [5.41, 5.74) is 0.353. The molecule has 2 aromatic heterocycles. The average molecular weight is 433 g/mol. The zero-order chi connectivity index (χ0) is 21.7. The molecule has 158 valence electrons. The van der Waals surface area contributed by atoms with Gasteiger partial charge < -0.3 is 10.6 Å². The van der Waals surface area contributed by atoms with Crippen molar-refractivity contribution >= 4 is 29.1 Å².